The Bertz CT molecular complexity index is 573. The molecule has 94 valence electrons. The lowest BCUT2D eigenvalue weighted by Crippen LogP contribution is -2.00. The number of halogens is 4. The first kappa shape index (κ1) is 14.2. The van der Waals surface area contributed by atoms with Gasteiger partial charge in [0.15, 0.2) is 0 Å². The quantitative estimate of drug-likeness (QED) is 0.601. The molecule has 0 fully saturated rings. The van der Waals surface area contributed by atoms with Crippen molar-refractivity contribution in [2.24, 2.45) is 0 Å². The Hall–Kier alpha value is -0.220. The van der Waals surface area contributed by atoms with E-state index in [9.17, 15) is 0 Å². The highest BCUT2D eigenvalue weighted by molar-refractivity contribution is 9.10. The molecule has 5 heteroatoms. The maximum atomic E-state index is 6.17. The average Bonchev–Trinajstić information content (AvgIpc) is 2.37. The monoisotopic (exact) mass is 407 g/mol. The summed E-state index contributed by atoms with van der Waals surface area (Å²) in [6, 6.07) is 11.8. The molecule has 2 rings (SSSR count). The molecule has 0 aliphatic heterocycles. The van der Waals surface area contributed by atoms with Crippen molar-refractivity contribution in [2.75, 3.05) is 5.32 Å². The molecular weight excluding hydrogens is 401 g/mol. The van der Waals surface area contributed by atoms with Crippen LogP contribution in [-0.4, -0.2) is 0 Å². The van der Waals surface area contributed by atoms with Crippen LogP contribution >= 0.6 is 55.1 Å². The molecule has 0 aliphatic rings. The first-order valence-corrected chi connectivity index (χ1v) is 7.54. The van der Waals surface area contributed by atoms with E-state index < -0.39 is 0 Å². The summed E-state index contributed by atoms with van der Waals surface area (Å²) in [5, 5.41) is 4.32. The molecule has 0 amide bonds. The van der Waals surface area contributed by atoms with Crippen LogP contribution in [0.3, 0.4) is 0 Å². The highest BCUT2D eigenvalue weighted by Gasteiger charge is 2.08. The van der Waals surface area contributed by atoms with Gasteiger partial charge in [0.2, 0.25) is 0 Å². The SMILES string of the molecule is Clc1c(Br)ccc(NCc2ccccc2Br)c1Cl. The smallest absolute Gasteiger partial charge is 0.0835 e. The third-order valence-corrected chi connectivity index (χ3v) is 5.01. The minimum atomic E-state index is 0.522. The van der Waals surface area contributed by atoms with E-state index in [1.165, 1.54) is 0 Å². The Morgan fingerprint density at radius 2 is 1.61 bits per heavy atom. The summed E-state index contributed by atoms with van der Waals surface area (Å²) in [7, 11) is 0. The van der Waals surface area contributed by atoms with E-state index in [1.54, 1.807) is 0 Å². The maximum Gasteiger partial charge on any atom is 0.0835 e. The third-order valence-electron chi connectivity index (χ3n) is 2.46. The van der Waals surface area contributed by atoms with E-state index in [0.29, 0.717) is 16.6 Å². The Morgan fingerprint density at radius 3 is 2.33 bits per heavy atom. The highest BCUT2D eigenvalue weighted by atomic mass is 79.9. The molecule has 0 atom stereocenters. The molecule has 0 spiro atoms. The number of hydrogen-bond acceptors (Lipinski definition) is 1. The van der Waals surface area contributed by atoms with Crippen LogP contribution in [0.2, 0.25) is 10.0 Å². The fourth-order valence-corrected chi connectivity index (χ4v) is 2.76. The van der Waals surface area contributed by atoms with Crippen LogP contribution < -0.4 is 5.32 Å². The van der Waals surface area contributed by atoms with Gasteiger partial charge in [-0.3, -0.25) is 0 Å². The van der Waals surface area contributed by atoms with E-state index in [1.807, 2.05) is 36.4 Å². The lowest BCUT2D eigenvalue weighted by molar-refractivity contribution is 1.14. The molecule has 0 aromatic heterocycles. The second kappa shape index (κ2) is 6.29. The minimum absolute atomic E-state index is 0.522. The lowest BCUT2D eigenvalue weighted by Gasteiger charge is -2.11. The van der Waals surface area contributed by atoms with Gasteiger partial charge >= 0.3 is 0 Å². The van der Waals surface area contributed by atoms with Crippen LogP contribution in [0.25, 0.3) is 0 Å². The van der Waals surface area contributed by atoms with Crippen molar-refractivity contribution in [3.05, 3.63) is 61.0 Å². The lowest BCUT2D eigenvalue weighted by atomic mass is 10.2. The third kappa shape index (κ3) is 3.21. The molecule has 1 nitrogen and oxygen atoms in total. The van der Waals surface area contributed by atoms with Crippen LogP contribution in [0.4, 0.5) is 5.69 Å². The number of nitrogens with one attached hydrogen (secondary N) is 1. The second-order valence-corrected chi connectivity index (χ2v) is 6.13. The molecule has 0 saturated carbocycles. The summed E-state index contributed by atoms with van der Waals surface area (Å²) >= 11 is 19.1. The fraction of sp³-hybridized carbons (Fsp3) is 0.0769. The van der Waals surface area contributed by atoms with E-state index in [4.69, 9.17) is 23.2 Å². The Kier molecular flexibility index (Phi) is 4.96. The van der Waals surface area contributed by atoms with Crippen molar-refractivity contribution < 1.29 is 0 Å². The molecule has 2 aromatic rings. The van der Waals surface area contributed by atoms with Gasteiger partial charge in [0, 0.05) is 15.5 Å². The molecule has 0 aliphatic carbocycles. The van der Waals surface area contributed by atoms with Gasteiger partial charge in [0.05, 0.1) is 15.7 Å². The number of anilines is 1. The summed E-state index contributed by atoms with van der Waals surface area (Å²) in [4.78, 5) is 0. The summed E-state index contributed by atoms with van der Waals surface area (Å²) in [5.41, 5.74) is 1.98. The molecule has 18 heavy (non-hydrogen) atoms. The largest absolute Gasteiger partial charge is 0.380 e. The zero-order valence-electron chi connectivity index (χ0n) is 9.18. The molecule has 1 N–H and O–H groups in total. The molecular formula is C13H9Br2Cl2N. The normalized spacial score (nSPS) is 10.4. The Labute approximate surface area is 133 Å². The summed E-state index contributed by atoms with van der Waals surface area (Å²) in [5.74, 6) is 0. The van der Waals surface area contributed by atoms with E-state index in [-0.39, 0.29) is 0 Å². The zero-order valence-corrected chi connectivity index (χ0v) is 13.9. The molecule has 0 unspecified atom stereocenters. The van der Waals surface area contributed by atoms with Crippen molar-refractivity contribution in [3.63, 3.8) is 0 Å². The van der Waals surface area contributed by atoms with Gasteiger partial charge < -0.3 is 5.32 Å². The summed E-state index contributed by atoms with van der Waals surface area (Å²) < 4.78 is 1.86. The van der Waals surface area contributed by atoms with E-state index >= 15 is 0 Å². The maximum absolute atomic E-state index is 6.17. The van der Waals surface area contributed by atoms with E-state index in [2.05, 4.69) is 37.2 Å². The first-order chi connectivity index (χ1) is 8.59. The molecule has 0 heterocycles. The first-order valence-electron chi connectivity index (χ1n) is 5.20. The molecule has 0 saturated heterocycles. The predicted octanol–water partition coefficient (Wildman–Crippen LogP) is 6.13. The van der Waals surface area contributed by atoms with Crippen molar-refractivity contribution in [1.82, 2.24) is 0 Å². The number of rotatable bonds is 3. The summed E-state index contributed by atoms with van der Waals surface area (Å²) in [6.45, 7) is 0.680. The van der Waals surface area contributed by atoms with Gasteiger partial charge in [-0.15, -0.1) is 0 Å². The summed E-state index contributed by atoms with van der Waals surface area (Å²) in [6.07, 6.45) is 0. The van der Waals surface area contributed by atoms with Crippen LogP contribution in [0.5, 0.6) is 0 Å². The highest BCUT2D eigenvalue weighted by Crippen LogP contribution is 2.36. The van der Waals surface area contributed by atoms with Crippen molar-refractivity contribution in [2.45, 2.75) is 6.54 Å². The zero-order chi connectivity index (χ0) is 13.1. The van der Waals surface area contributed by atoms with Gasteiger partial charge in [0.25, 0.3) is 0 Å². The predicted molar refractivity (Wildman–Crippen MR) is 85.6 cm³/mol. The van der Waals surface area contributed by atoms with Crippen LogP contribution in [0, 0.1) is 0 Å². The topological polar surface area (TPSA) is 12.0 Å². The van der Waals surface area contributed by atoms with Gasteiger partial charge in [-0.2, -0.15) is 0 Å². The molecule has 0 radical (unpaired) electrons. The Morgan fingerprint density at radius 1 is 0.889 bits per heavy atom. The molecule has 2 aromatic carbocycles. The van der Waals surface area contributed by atoms with Gasteiger partial charge in [-0.05, 0) is 39.7 Å². The second-order valence-electron chi connectivity index (χ2n) is 3.67. The molecule has 0 bridgehead atoms. The van der Waals surface area contributed by atoms with Crippen LogP contribution in [0.1, 0.15) is 5.56 Å². The van der Waals surface area contributed by atoms with Crippen molar-refractivity contribution in [1.29, 1.82) is 0 Å². The Balaban J connectivity index is 2.17. The van der Waals surface area contributed by atoms with Gasteiger partial charge in [0.1, 0.15) is 0 Å². The van der Waals surface area contributed by atoms with Crippen LogP contribution in [0.15, 0.2) is 45.3 Å². The minimum Gasteiger partial charge on any atom is -0.380 e. The standard InChI is InChI=1S/C13H9Br2Cl2N/c14-9-4-2-1-3-8(9)7-18-11-6-5-10(15)12(16)13(11)17/h1-6,18H,7H2. The van der Waals surface area contributed by atoms with Crippen molar-refractivity contribution >= 4 is 60.7 Å². The van der Waals surface area contributed by atoms with Crippen LogP contribution in [-0.2, 0) is 6.54 Å². The number of benzene rings is 2. The number of hydrogen-bond donors (Lipinski definition) is 1. The van der Waals surface area contributed by atoms with Gasteiger partial charge in [-0.1, -0.05) is 57.3 Å². The van der Waals surface area contributed by atoms with Gasteiger partial charge in [-0.25, -0.2) is 0 Å². The van der Waals surface area contributed by atoms with E-state index in [0.717, 1.165) is 20.2 Å². The fourth-order valence-electron chi connectivity index (χ4n) is 1.49. The average molecular weight is 410 g/mol. The van der Waals surface area contributed by atoms with Crippen molar-refractivity contribution in [3.8, 4) is 0 Å².